The Morgan fingerprint density at radius 2 is 2.00 bits per heavy atom. The SMILES string of the molecule is Cc1[nH]c(-c2ccccc2)nc1CC1CNC1. The van der Waals surface area contributed by atoms with E-state index < -0.39 is 0 Å². The largest absolute Gasteiger partial charge is 0.342 e. The molecule has 1 aliphatic heterocycles. The molecule has 3 nitrogen and oxygen atoms in total. The highest BCUT2D eigenvalue weighted by Crippen LogP contribution is 2.20. The fraction of sp³-hybridized carbons (Fsp3) is 0.357. The maximum Gasteiger partial charge on any atom is 0.137 e. The first-order valence-corrected chi connectivity index (χ1v) is 6.14. The van der Waals surface area contributed by atoms with Gasteiger partial charge in [-0.25, -0.2) is 4.98 Å². The predicted octanol–water partition coefficient (Wildman–Crippen LogP) is 2.15. The summed E-state index contributed by atoms with van der Waals surface area (Å²) in [5.41, 5.74) is 3.58. The molecule has 0 spiro atoms. The van der Waals surface area contributed by atoms with Gasteiger partial charge in [0, 0.05) is 11.3 Å². The number of benzene rings is 1. The quantitative estimate of drug-likeness (QED) is 0.843. The van der Waals surface area contributed by atoms with Gasteiger partial charge < -0.3 is 10.3 Å². The van der Waals surface area contributed by atoms with Gasteiger partial charge in [-0.2, -0.15) is 0 Å². The Morgan fingerprint density at radius 1 is 1.24 bits per heavy atom. The molecule has 0 amide bonds. The number of aromatic nitrogens is 2. The third-order valence-corrected chi connectivity index (χ3v) is 3.38. The minimum absolute atomic E-state index is 0.764. The Balaban J connectivity index is 1.84. The van der Waals surface area contributed by atoms with Crippen molar-refractivity contribution in [3.63, 3.8) is 0 Å². The van der Waals surface area contributed by atoms with Gasteiger partial charge in [-0.15, -0.1) is 0 Å². The second-order valence-corrected chi connectivity index (χ2v) is 4.75. The molecular weight excluding hydrogens is 210 g/mol. The van der Waals surface area contributed by atoms with Gasteiger partial charge in [0.15, 0.2) is 0 Å². The van der Waals surface area contributed by atoms with E-state index in [1.807, 2.05) is 18.2 Å². The Hall–Kier alpha value is -1.61. The van der Waals surface area contributed by atoms with Crippen LogP contribution in [0.15, 0.2) is 30.3 Å². The number of hydrogen-bond donors (Lipinski definition) is 2. The van der Waals surface area contributed by atoms with Crippen LogP contribution in [0.1, 0.15) is 11.4 Å². The Labute approximate surface area is 101 Å². The van der Waals surface area contributed by atoms with Gasteiger partial charge in [0.05, 0.1) is 5.69 Å². The molecule has 3 rings (SSSR count). The van der Waals surface area contributed by atoms with E-state index in [0.717, 1.165) is 36.8 Å². The Kier molecular flexibility index (Phi) is 2.69. The molecule has 88 valence electrons. The topological polar surface area (TPSA) is 40.7 Å². The van der Waals surface area contributed by atoms with Crippen LogP contribution < -0.4 is 5.32 Å². The van der Waals surface area contributed by atoms with Crippen molar-refractivity contribution in [2.45, 2.75) is 13.3 Å². The third-order valence-electron chi connectivity index (χ3n) is 3.38. The molecule has 1 aromatic heterocycles. The van der Waals surface area contributed by atoms with Crippen molar-refractivity contribution in [1.82, 2.24) is 15.3 Å². The standard InChI is InChI=1S/C14H17N3/c1-10-13(7-11-8-15-9-11)17-14(16-10)12-5-3-2-4-6-12/h2-6,11,15H,7-9H2,1H3,(H,16,17). The van der Waals surface area contributed by atoms with Crippen molar-refractivity contribution in [2.24, 2.45) is 5.92 Å². The third kappa shape index (κ3) is 2.11. The van der Waals surface area contributed by atoms with E-state index >= 15 is 0 Å². The van der Waals surface area contributed by atoms with Crippen LogP contribution in [0.5, 0.6) is 0 Å². The first-order valence-electron chi connectivity index (χ1n) is 6.14. The first-order chi connectivity index (χ1) is 8.33. The number of nitrogens with zero attached hydrogens (tertiary/aromatic N) is 1. The van der Waals surface area contributed by atoms with Crippen LogP contribution in [-0.2, 0) is 6.42 Å². The van der Waals surface area contributed by atoms with Crippen LogP contribution in [0.25, 0.3) is 11.4 Å². The molecule has 2 heterocycles. The van der Waals surface area contributed by atoms with E-state index in [9.17, 15) is 0 Å². The summed E-state index contributed by atoms with van der Waals surface area (Å²) in [5, 5.41) is 3.30. The second-order valence-electron chi connectivity index (χ2n) is 4.75. The average Bonchev–Trinajstić information content (AvgIpc) is 2.67. The van der Waals surface area contributed by atoms with Gasteiger partial charge in [-0.05, 0) is 32.4 Å². The normalized spacial score (nSPS) is 15.8. The number of H-pyrrole nitrogens is 1. The minimum atomic E-state index is 0.764. The van der Waals surface area contributed by atoms with Gasteiger partial charge in [0.1, 0.15) is 5.82 Å². The van der Waals surface area contributed by atoms with Gasteiger partial charge in [0.25, 0.3) is 0 Å². The van der Waals surface area contributed by atoms with Crippen molar-refractivity contribution >= 4 is 0 Å². The maximum absolute atomic E-state index is 4.72. The molecular formula is C14H17N3. The summed E-state index contributed by atoms with van der Waals surface area (Å²) >= 11 is 0. The number of aromatic amines is 1. The van der Waals surface area contributed by atoms with Crippen LogP contribution >= 0.6 is 0 Å². The smallest absolute Gasteiger partial charge is 0.137 e. The van der Waals surface area contributed by atoms with E-state index in [4.69, 9.17) is 4.98 Å². The van der Waals surface area contributed by atoms with Crippen LogP contribution in [0.4, 0.5) is 0 Å². The van der Waals surface area contributed by atoms with Crippen LogP contribution in [0.2, 0.25) is 0 Å². The molecule has 0 bridgehead atoms. The van der Waals surface area contributed by atoms with Crippen molar-refractivity contribution in [3.05, 3.63) is 41.7 Å². The molecule has 1 fully saturated rings. The van der Waals surface area contributed by atoms with Crippen molar-refractivity contribution in [3.8, 4) is 11.4 Å². The lowest BCUT2D eigenvalue weighted by atomic mass is 9.97. The highest BCUT2D eigenvalue weighted by atomic mass is 15.0. The molecule has 0 aliphatic carbocycles. The lowest BCUT2D eigenvalue weighted by Crippen LogP contribution is -2.43. The number of rotatable bonds is 3. The maximum atomic E-state index is 4.72. The zero-order valence-corrected chi connectivity index (χ0v) is 10.0. The second kappa shape index (κ2) is 4.34. The Bertz CT molecular complexity index is 497. The summed E-state index contributed by atoms with van der Waals surface area (Å²) < 4.78 is 0. The summed E-state index contributed by atoms with van der Waals surface area (Å²) in [5.74, 6) is 1.76. The predicted molar refractivity (Wildman–Crippen MR) is 68.8 cm³/mol. The lowest BCUT2D eigenvalue weighted by molar-refractivity contribution is 0.344. The molecule has 2 aromatic rings. The molecule has 0 atom stereocenters. The van der Waals surface area contributed by atoms with Crippen LogP contribution in [-0.4, -0.2) is 23.1 Å². The summed E-state index contributed by atoms with van der Waals surface area (Å²) in [6.07, 6.45) is 1.09. The van der Waals surface area contributed by atoms with Gasteiger partial charge >= 0.3 is 0 Å². The molecule has 1 aromatic carbocycles. The van der Waals surface area contributed by atoms with E-state index in [2.05, 4.69) is 29.4 Å². The summed E-state index contributed by atoms with van der Waals surface area (Å²) in [7, 11) is 0. The molecule has 1 aliphatic rings. The number of nitrogens with one attached hydrogen (secondary N) is 2. The number of imidazole rings is 1. The Morgan fingerprint density at radius 3 is 2.65 bits per heavy atom. The minimum Gasteiger partial charge on any atom is -0.342 e. The molecule has 0 unspecified atom stereocenters. The van der Waals surface area contributed by atoms with Gasteiger partial charge in [-0.1, -0.05) is 30.3 Å². The van der Waals surface area contributed by atoms with E-state index in [1.165, 1.54) is 11.4 Å². The molecule has 1 saturated heterocycles. The lowest BCUT2D eigenvalue weighted by Gasteiger charge is -2.26. The van der Waals surface area contributed by atoms with Gasteiger partial charge in [-0.3, -0.25) is 0 Å². The fourth-order valence-electron chi connectivity index (χ4n) is 2.19. The highest BCUT2D eigenvalue weighted by Gasteiger charge is 2.19. The van der Waals surface area contributed by atoms with Gasteiger partial charge in [0.2, 0.25) is 0 Å². The molecule has 3 heteroatoms. The first kappa shape index (κ1) is 10.5. The molecule has 0 saturated carbocycles. The van der Waals surface area contributed by atoms with Crippen molar-refractivity contribution in [2.75, 3.05) is 13.1 Å². The van der Waals surface area contributed by atoms with Crippen LogP contribution in [0.3, 0.4) is 0 Å². The zero-order chi connectivity index (χ0) is 11.7. The van der Waals surface area contributed by atoms with E-state index in [1.54, 1.807) is 0 Å². The van der Waals surface area contributed by atoms with Crippen LogP contribution in [0, 0.1) is 12.8 Å². The van der Waals surface area contributed by atoms with Crippen molar-refractivity contribution < 1.29 is 0 Å². The van der Waals surface area contributed by atoms with E-state index in [0.29, 0.717) is 0 Å². The van der Waals surface area contributed by atoms with Crippen molar-refractivity contribution in [1.29, 1.82) is 0 Å². The zero-order valence-electron chi connectivity index (χ0n) is 10.0. The summed E-state index contributed by atoms with van der Waals surface area (Å²) in [6, 6.07) is 10.3. The summed E-state index contributed by atoms with van der Waals surface area (Å²) in [4.78, 5) is 8.10. The monoisotopic (exact) mass is 227 g/mol. The molecule has 17 heavy (non-hydrogen) atoms. The molecule has 0 radical (unpaired) electrons. The average molecular weight is 227 g/mol. The number of aryl methyl sites for hydroxylation is 1. The fourth-order valence-corrected chi connectivity index (χ4v) is 2.19. The van der Waals surface area contributed by atoms with E-state index in [-0.39, 0.29) is 0 Å². The highest BCUT2D eigenvalue weighted by molar-refractivity contribution is 5.55. The number of hydrogen-bond acceptors (Lipinski definition) is 2. The summed E-state index contributed by atoms with van der Waals surface area (Å²) in [6.45, 7) is 4.38. The molecule has 2 N–H and O–H groups in total.